The molecule has 160 valence electrons. The molecule has 2 rings (SSSR count). The molecular weight excluding hydrogens is 372 g/mol. The molecule has 0 amide bonds. The van der Waals surface area contributed by atoms with E-state index in [0.29, 0.717) is 12.2 Å². The average molecular weight is 407 g/mol. The molecule has 0 N–H and O–H groups in total. The summed E-state index contributed by atoms with van der Waals surface area (Å²) in [6, 6.07) is 10.6. The highest BCUT2D eigenvalue weighted by atomic mass is 16.5. The molecule has 1 aliphatic heterocycles. The Labute approximate surface area is 181 Å². The zero-order valence-corrected chi connectivity index (χ0v) is 18.4. The van der Waals surface area contributed by atoms with Gasteiger partial charge in [-0.1, -0.05) is 64.5 Å². The molecule has 0 spiro atoms. The van der Waals surface area contributed by atoms with Crippen LogP contribution in [0, 0.1) is 11.3 Å². The maximum absolute atomic E-state index is 12.1. The lowest BCUT2D eigenvalue weighted by atomic mass is 10.0. The third-order valence-electron chi connectivity index (χ3n) is 5.22. The van der Waals surface area contributed by atoms with Crippen molar-refractivity contribution >= 4 is 11.7 Å². The minimum atomic E-state index is -0.553. The number of hydrogen-bond acceptors (Lipinski definition) is 4. The minimum absolute atomic E-state index is 0.0486. The maximum Gasteiger partial charge on any atom is 0.349 e. The summed E-state index contributed by atoms with van der Waals surface area (Å²) in [5.41, 5.74) is 3.04. The number of aryl methyl sites for hydroxylation is 1. The molecule has 0 atom stereocenters. The number of rotatable bonds is 12. The van der Waals surface area contributed by atoms with Crippen LogP contribution < -0.4 is 4.90 Å². The van der Waals surface area contributed by atoms with Crippen molar-refractivity contribution in [2.75, 3.05) is 11.5 Å². The zero-order chi connectivity index (χ0) is 21.6. The van der Waals surface area contributed by atoms with Gasteiger partial charge in [-0.05, 0) is 49.1 Å². The normalized spacial score (nSPS) is 12.7. The van der Waals surface area contributed by atoms with Crippen LogP contribution in [0.1, 0.15) is 70.8 Å². The SMILES string of the molecule is CCCCCCCCc1ccc(N2C=CC(=C(C#N)C(=O)OCCCC)C=C2)cc1. The number of anilines is 1. The van der Waals surface area contributed by atoms with Crippen molar-refractivity contribution in [2.45, 2.75) is 71.6 Å². The van der Waals surface area contributed by atoms with Crippen LogP contribution in [0.25, 0.3) is 0 Å². The van der Waals surface area contributed by atoms with Crippen molar-refractivity contribution < 1.29 is 9.53 Å². The highest BCUT2D eigenvalue weighted by Crippen LogP contribution is 2.22. The number of esters is 1. The number of allylic oxidation sites excluding steroid dienone is 3. The van der Waals surface area contributed by atoms with E-state index < -0.39 is 5.97 Å². The first-order valence-electron chi connectivity index (χ1n) is 11.2. The molecule has 0 aliphatic carbocycles. The first-order valence-corrected chi connectivity index (χ1v) is 11.2. The summed E-state index contributed by atoms with van der Waals surface area (Å²) in [4.78, 5) is 14.1. The number of unbranched alkanes of at least 4 members (excludes halogenated alkanes) is 6. The summed E-state index contributed by atoms with van der Waals surface area (Å²) in [5.74, 6) is -0.553. The molecule has 4 nitrogen and oxygen atoms in total. The van der Waals surface area contributed by atoms with E-state index in [0.717, 1.165) is 24.9 Å². The molecule has 1 aromatic carbocycles. The number of nitriles is 1. The van der Waals surface area contributed by atoms with E-state index in [2.05, 4.69) is 31.2 Å². The molecule has 1 aromatic rings. The summed E-state index contributed by atoms with van der Waals surface area (Å²) < 4.78 is 5.17. The Morgan fingerprint density at radius 3 is 2.20 bits per heavy atom. The second-order valence-electron chi connectivity index (χ2n) is 7.65. The highest BCUT2D eigenvalue weighted by Gasteiger charge is 2.16. The summed E-state index contributed by atoms with van der Waals surface area (Å²) in [6.45, 7) is 4.62. The lowest BCUT2D eigenvalue weighted by Gasteiger charge is -2.19. The van der Waals surface area contributed by atoms with Crippen LogP contribution in [0.3, 0.4) is 0 Å². The number of hydrogen-bond donors (Lipinski definition) is 0. The Morgan fingerprint density at radius 2 is 1.57 bits per heavy atom. The monoisotopic (exact) mass is 406 g/mol. The zero-order valence-electron chi connectivity index (χ0n) is 18.4. The van der Waals surface area contributed by atoms with E-state index >= 15 is 0 Å². The van der Waals surface area contributed by atoms with Crippen molar-refractivity contribution in [2.24, 2.45) is 0 Å². The summed E-state index contributed by atoms with van der Waals surface area (Å²) in [5, 5.41) is 9.36. The van der Waals surface area contributed by atoms with E-state index in [1.54, 1.807) is 12.2 Å². The van der Waals surface area contributed by atoms with Crippen LogP contribution in [-0.2, 0) is 16.0 Å². The van der Waals surface area contributed by atoms with Gasteiger partial charge < -0.3 is 9.64 Å². The average Bonchev–Trinajstić information content (AvgIpc) is 2.78. The minimum Gasteiger partial charge on any atom is -0.462 e. The molecule has 0 saturated carbocycles. The van der Waals surface area contributed by atoms with Gasteiger partial charge in [-0.15, -0.1) is 0 Å². The Morgan fingerprint density at radius 1 is 0.933 bits per heavy atom. The molecule has 30 heavy (non-hydrogen) atoms. The topological polar surface area (TPSA) is 53.3 Å². The third-order valence-corrected chi connectivity index (χ3v) is 5.22. The van der Waals surface area contributed by atoms with Crippen molar-refractivity contribution in [3.8, 4) is 6.07 Å². The van der Waals surface area contributed by atoms with Crippen molar-refractivity contribution in [3.05, 3.63) is 65.5 Å². The van der Waals surface area contributed by atoms with Gasteiger partial charge in [0, 0.05) is 23.7 Å². The van der Waals surface area contributed by atoms with E-state index in [9.17, 15) is 10.1 Å². The Balaban J connectivity index is 1.89. The number of benzene rings is 1. The van der Waals surface area contributed by atoms with Crippen molar-refractivity contribution in [1.29, 1.82) is 5.26 Å². The molecule has 1 aliphatic rings. The van der Waals surface area contributed by atoms with Crippen LogP contribution in [-0.4, -0.2) is 12.6 Å². The maximum atomic E-state index is 12.1. The summed E-state index contributed by atoms with van der Waals surface area (Å²) in [7, 11) is 0. The number of carbonyl (C=O) groups excluding carboxylic acids is 1. The van der Waals surface area contributed by atoms with Gasteiger partial charge in [0.25, 0.3) is 0 Å². The van der Waals surface area contributed by atoms with Gasteiger partial charge in [0.15, 0.2) is 0 Å². The second-order valence-corrected chi connectivity index (χ2v) is 7.65. The Hall–Kier alpha value is -2.80. The van der Waals surface area contributed by atoms with Gasteiger partial charge in [-0.2, -0.15) is 5.26 Å². The quantitative estimate of drug-likeness (QED) is 0.170. The molecule has 0 aromatic heterocycles. The van der Waals surface area contributed by atoms with Crippen LogP contribution >= 0.6 is 0 Å². The van der Waals surface area contributed by atoms with Crippen molar-refractivity contribution in [1.82, 2.24) is 0 Å². The highest BCUT2D eigenvalue weighted by molar-refractivity contribution is 5.95. The lowest BCUT2D eigenvalue weighted by molar-refractivity contribution is -0.138. The molecule has 0 unspecified atom stereocenters. The smallest absolute Gasteiger partial charge is 0.349 e. The van der Waals surface area contributed by atoms with Gasteiger partial charge in [0.05, 0.1) is 6.61 Å². The largest absolute Gasteiger partial charge is 0.462 e. The summed E-state index contributed by atoms with van der Waals surface area (Å²) >= 11 is 0. The number of nitrogens with zero attached hydrogens (tertiary/aromatic N) is 2. The number of carbonyl (C=O) groups is 1. The van der Waals surface area contributed by atoms with E-state index in [4.69, 9.17) is 4.74 Å². The number of ether oxygens (including phenoxy) is 1. The van der Waals surface area contributed by atoms with Gasteiger partial charge in [0.2, 0.25) is 0 Å². The van der Waals surface area contributed by atoms with Crippen LogP contribution in [0.15, 0.2) is 60.0 Å². The molecular formula is C26H34N2O2. The van der Waals surface area contributed by atoms with Crippen LogP contribution in [0.2, 0.25) is 0 Å². The summed E-state index contributed by atoms with van der Waals surface area (Å²) in [6.07, 6.45) is 18.0. The van der Waals surface area contributed by atoms with E-state index in [1.165, 1.54) is 44.1 Å². The van der Waals surface area contributed by atoms with Crippen LogP contribution in [0.5, 0.6) is 0 Å². The fourth-order valence-corrected chi connectivity index (χ4v) is 3.32. The van der Waals surface area contributed by atoms with Gasteiger partial charge >= 0.3 is 5.97 Å². The Bertz CT molecular complexity index is 781. The predicted octanol–water partition coefficient (Wildman–Crippen LogP) is 6.60. The van der Waals surface area contributed by atoms with E-state index in [1.807, 2.05) is 30.3 Å². The molecule has 4 heteroatoms. The first-order chi connectivity index (χ1) is 14.7. The lowest BCUT2D eigenvalue weighted by Crippen LogP contribution is -2.13. The molecule has 0 fully saturated rings. The predicted molar refractivity (Wildman–Crippen MR) is 123 cm³/mol. The molecule has 0 saturated heterocycles. The van der Waals surface area contributed by atoms with Crippen molar-refractivity contribution in [3.63, 3.8) is 0 Å². The molecule has 0 bridgehead atoms. The van der Waals surface area contributed by atoms with Crippen LogP contribution in [0.4, 0.5) is 5.69 Å². The fraction of sp³-hybridized carbons (Fsp3) is 0.462. The van der Waals surface area contributed by atoms with Gasteiger partial charge in [-0.3, -0.25) is 0 Å². The Kier molecular flexibility index (Phi) is 10.5. The third kappa shape index (κ3) is 7.55. The fourth-order valence-electron chi connectivity index (χ4n) is 3.32. The second kappa shape index (κ2) is 13.4. The molecule has 0 radical (unpaired) electrons. The standard InChI is InChI=1S/C26H34N2O2/c1-3-5-7-8-9-10-11-22-12-14-24(15-13-22)28-18-16-23(17-19-28)25(21-27)26(29)30-20-6-4-2/h12-19H,3-11,20H2,1-2H3. The van der Waals surface area contributed by atoms with Gasteiger partial charge in [-0.25, -0.2) is 4.79 Å². The molecule has 1 heterocycles. The van der Waals surface area contributed by atoms with Gasteiger partial charge in [0.1, 0.15) is 11.6 Å². The van der Waals surface area contributed by atoms with E-state index in [-0.39, 0.29) is 5.57 Å². The first kappa shape index (κ1) is 23.5.